The Kier molecular flexibility index (Phi) is 4.56. The number of Topliss-reactive ketones (excluding diaryl/α,β-unsaturated/α-hetero) is 1. The number of carbonyl (C=O) groups is 2. The van der Waals surface area contributed by atoms with E-state index in [-0.39, 0.29) is 45.8 Å². The molecule has 5 heteroatoms. The zero-order valence-electron chi connectivity index (χ0n) is 22.9. The molecular weight excluding hydrogens is 440 g/mol. The van der Waals surface area contributed by atoms with Crippen molar-refractivity contribution in [1.29, 1.82) is 0 Å². The van der Waals surface area contributed by atoms with E-state index < -0.39 is 34.1 Å². The van der Waals surface area contributed by atoms with E-state index in [0.29, 0.717) is 12.8 Å². The standard InChI is InChI=1S/C30H46O5/c1-24(2)10-12-29-13-11-28(7)27(6)9-8-18-25(3,4)22(33)17(31)15-26(18,5)19(27)14-21(32)30(28,20(29)16-24)35-23(29)34/h17-20,22,31,33H,8-16H2,1-7H3/t17-,18+,19-,20-,22-,26+,27-,28+,29+,30-/m1/s1. The SMILES string of the molecule is CC1(C)CC[C@@]23CC[C@@]4(C)[C@]5(C)CC[C@H]6C(C)(C)[C@H](O)[C@H](O)C[C@]6(C)[C@H]5CC(=O)[C@]4(OC2=O)[C@@H]3C1. The number of aliphatic hydroxyl groups excluding tert-OH is 2. The van der Waals surface area contributed by atoms with Gasteiger partial charge in [0, 0.05) is 17.8 Å². The van der Waals surface area contributed by atoms with Crippen LogP contribution in [-0.4, -0.2) is 39.8 Å². The number of ketones is 1. The molecule has 0 aromatic heterocycles. The van der Waals surface area contributed by atoms with Gasteiger partial charge in [-0.25, -0.2) is 0 Å². The highest BCUT2D eigenvalue weighted by Crippen LogP contribution is 2.80. The van der Waals surface area contributed by atoms with Crippen LogP contribution in [0.5, 0.6) is 0 Å². The van der Waals surface area contributed by atoms with Crippen molar-refractivity contribution in [2.75, 3.05) is 0 Å². The first-order chi connectivity index (χ1) is 16.0. The van der Waals surface area contributed by atoms with Gasteiger partial charge in [-0.3, -0.25) is 9.59 Å². The minimum absolute atomic E-state index is 0.0315. The lowest BCUT2D eigenvalue weighted by Gasteiger charge is -2.73. The molecule has 35 heavy (non-hydrogen) atoms. The third kappa shape index (κ3) is 2.45. The van der Waals surface area contributed by atoms with Crippen molar-refractivity contribution < 1.29 is 24.5 Å². The number of hydrogen-bond donors (Lipinski definition) is 2. The summed E-state index contributed by atoms with van der Waals surface area (Å²) in [6.45, 7) is 15.7. The molecule has 0 aromatic rings. The van der Waals surface area contributed by atoms with Crippen LogP contribution in [0.2, 0.25) is 0 Å². The highest BCUT2D eigenvalue weighted by Gasteiger charge is 2.83. The van der Waals surface area contributed by atoms with Crippen LogP contribution in [0.25, 0.3) is 0 Å². The number of rotatable bonds is 0. The summed E-state index contributed by atoms with van der Waals surface area (Å²) in [5, 5.41) is 21.9. The summed E-state index contributed by atoms with van der Waals surface area (Å²) in [5.41, 5.74) is -2.67. The van der Waals surface area contributed by atoms with Crippen molar-refractivity contribution in [1.82, 2.24) is 0 Å². The van der Waals surface area contributed by atoms with Crippen LogP contribution in [0, 0.1) is 50.2 Å². The van der Waals surface area contributed by atoms with Crippen molar-refractivity contribution in [2.24, 2.45) is 50.2 Å². The second kappa shape index (κ2) is 6.54. The molecule has 6 rings (SSSR count). The normalized spacial score (nSPS) is 57.9. The Labute approximate surface area is 210 Å². The molecule has 5 saturated carbocycles. The zero-order valence-corrected chi connectivity index (χ0v) is 22.9. The molecule has 6 aliphatic rings. The first-order valence-corrected chi connectivity index (χ1v) is 14.1. The Balaban J connectivity index is 1.50. The van der Waals surface area contributed by atoms with Crippen molar-refractivity contribution in [3.05, 3.63) is 0 Å². The number of aliphatic hydroxyl groups is 2. The maximum absolute atomic E-state index is 14.6. The van der Waals surface area contributed by atoms with Crippen LogP contribution in [-0.2, 0) is 14.3 Å². The summed E-state index contributed by atoms with van der Waals surface area (Å²) in [7, 11) is 0. The van der Waals surface area contributed by atoms with E-state index in [1.165, 1.54) is 0 Å². The lowest BCUT2D eigenvalue weighted by atomic mass is 9.30. The van der Waals surface area contributed by atoms with E-state index in [1.54, 1.807) is 0 Å². The van der Waals surface area contributed by atoms with Crippen LogP contribution >= 0.6 is 0 Å². The Hall–Kier alpha value is -0.940. The third-order valence-corrected chi connectivity index (χ3v) is 13.8. The van der Waals surface area contributed by atoms with Crippen LogP contribution in [0.3, 0.4) is 0 Å². The number of esters is 1. The lowest BCUT2D eigenvalue weighted by molar-refractivity contribution is -0.279. The van der Waals surface area contributed by atoms with Gasteiger partial charge in [0.15, 0.2) is 11.4 Å². The summed E-state index contributed by atoms with van der Waals surface area (Å²) in [4.78, 5) is 28.2. The molecule has 0 amide bonds. The molecule has 5 nitrogen and oxygen atoms in total. The van der Waals surface area contributed by atoms with Crippen molar-refractivity contribution in [3.8, 4) is 0 Å². The highest BCUT2D eigenvalue weighted by atomic mass is 16.6. The second-order valence-electron chi connectivity index (χ2n) is 15.8. The Morgan fingerprint density at radius 3 is 2.14 bits per heavy atom. The van der Waals surface area contributed by atoms with Crippen molar-refractivity contribution >= 4 is 11.8 Å². The van der Waals surface area contributed by atoms with E-state index in [0.717, 1.165) is 44.9 Å². The monoisotopic (exact) mass is 486 g/mol. The first kappa shape index (κ1) is 24.4. The summed E-state index contributed by atoms with van der Waals surface area (Å²) >= 11 is 0. The smallest absolute Gasteiger partial charge is 0.313 e. The van der Waals surface area contributed by atoms with Gasteiger partial charge in [0.25, 0.3) is 0 Å². The second-order valence-corrected chi connectivity index (χ2v) is 15.8. The summed E-state index contributed by atoms with van der Waals surface area (Å²) in [5.74, 6) is 0.340. The summed E-state index contributed by atoms with van der Waals surface area (Å²) < 4.78 is 6.51. The Bertz CT molecular complexity index is 1000. The molecule has 0 radical (unpaired) electrons. The molecule has 10 atom stereocenters. The molecule has 1 heterocycles. The average molecular weight is 487 g/mol. The molecular formula is C30H46O5. The molecule has 1 spiro atoms. The van der Waals surface area contributed by atoms with Crippen LogP contribution in [0.15, 0.2) is 0 Å². The van der Waals surface area contributed by atoms with E-state index in [9.17, 15) is 19.8 Å². The van der Waals surface area contributed by atoms with Crippen molar-refractivity contribution in [3.63, 3.8) is 0 Å². The zero-order chi connectivity index (χ0) is 25.6. The van der Waals surface area contributed by atoms with Gasteiger partial charge in [-0.05, 0) is 84.9 Å². The van der Waals surface area contributed by atoms with E-state index in [4.69, 9.17) is 4.74 Å². The van der Waals surface area contributed by atoms with E-state index in [1.807, 2.05) is 0 Å². The van der Waals surface area contributed by atoms with Gasteiger partial charge in [0.2, 0.25) is 0 Å². The van der Waals surface area contributed by atoms with Gasteiger partial charge in [-0.15, -0.1) is 0 Å². The molecule has 2 N–H and O–H groups in total. The molecule has 1 aliphatic heterocycles. The Morgan fingerprint density at radius 2 is 1.46 bits per heavy atom. The fourth-order valence-electron chi connectivity index (χ4n) is 11.7. The topological polar surface area (TPSA) is 83.8 Å². The molecule has 0 aromatic carbocycles. The fourth-order valence-corrected chi connectivity index (χ4v) is 11.7. The van der Waals surface area contributed by atoms with Crippen molar-refractivity contribution in [2.45, 2.75) is 124 Å². The lowest BCUT2D eigenvalue weighted by Crippen LogP contribution is -2.75. The van der Waals surface area contributed by atoms with Crippen LogP contribution in [0.4, 0.5) is 0 Å². The van der Waals surface area contributed by atoms with E-state index in [2.05, 4.69) is 48.5 Å². The summed E-state index contributed by atoms with van der Waals surface area (Å²) in [6, 6.07) is 0. The molecule has 196 valence electrons. The van der Waals surface area contributed by atoms with Gasteiger partial charge >= 0.3 is 5.97 Å². The number of hydrogen-bond acceptors (Lipinski definition) is 5. The van der Waals surface area contributed by atoms with Gasteiger partial charge < -0.3 is 14.9 Å². The number of ether oxygens (including phenoxy) is 1. The highest BCUT2D eigenvalue weighted by molar-refractivity contribution is 5.97. The predicted octanol–water partition coefficient (Wildman–Crippen LogP) is 5.06. The van der Waals surface area contributed by atoms with E-state index >= 15 is 0 Å². The van der Waals surface area contributed by atoms with Crippen LogP contribution < -0.4 is 0 Å². The van der Waals surface area contributed by atoms with Crippen LogP contribution in [0.1, 0.15) is 106 Å². The molecule has 6 fully saturated rings. The quantitative estimate of drug-likeness (QED) is 0.468. The summed E-state index contributed by atoms with van der Waals surface area (Å²) in [6.07, 6.45) is 5.75. The number of carbonyl (C=O) groups excluding carboxylic acids is 2. The molecule has 0 unspecified atom stereocenters. The number of fused-ring (bicyclic) bond motifs is 4. The first-order valence-electron chi connectivity index (χ1n) is 14.1. The average Bonchev–Trinajstić information content (AvgIpc) is 2.94. The fraction of sp³-hybridized carbons (Fsp3) is 0.933. The maximum Gasteiger partial charge on any atom is 0.313 e. The predicted molar refractivity (Wildman–Crippen MR) is 132 cm³/mol. The molecule has 5 aliphatic carbocycles. The molecule has 1 saturated heterocycles. The minimum Gasteiger partial charge on any atom is -0.450 e. The van der Waals surface area contributed by atoms with Gasteiger partial charge in [0.05, 0.1) is 17.6 Å². The van der Waals surface area contributed by atoms with Gasteiger partial charge in [-0.2, -0.15) is 0 Å². The largest absolute Gasteiger partial charge is 0.450 e. The minimum atomic E-state index is -1.02. The Morgan fingerprint density at radius 1 is 0.800 bits per heavy atom. The van der Waals surface area contributed by atoms with Gasteiger partial charge in [-0.1, -0.05) is 48.5 Å². The third-order valence-electron chi connectivity index (χ3n) is 13.8. The maximum atomic E-state index is 14.6. The molecule has 2 bridgehead atoms. The van der Waals surface area contributed by atoms with Gasteiger partial charge in [0.1, 0.15) is 0 Å².